The molecule has 0 bridgehead atoms. The van der Waals surface area contributed by atoms with Gasteiger partial charge < -0.3 is 19.7 Å². The summed E-state index contributed by atoms with van der Waals surface area (Å²) in [4.78, 5) is 25.3. The van der Waals surface area contributed by atoms with Gasteiger partial charge in [0, 0.05) is 19.0 Å². The zero-order chi connectivity index (χ0) is 20.1. The van der Waals surface area contributed by atoms with Crippen molar-refractivity contribution in [2.24, 2.45) is 5.92 Å². The smallest absolute Gasteiger partial charge is 0.417 e. The number of likely N-dealkylation sites (tertiary alicyclic amines) is 1. The average molecular weight is 419 g/mol. The second-order valence-corrected chi connectivity index (χ2v) is 7.98. The van der Waals surface area contributed by atoms with E-state index in [1.165, 1.54) is 12.1 Å². The van der Waals surface area contributed by atoms with Crippen LogP contribution in [0.1, 0.15) is 24.0 Å². The maximum Gasteiger partial charge on any atom is 0.417 e. The first-order valence-electron chi connectivity index (χ1n) is 8.86. The number of cyclic esters (lactones) is 1. The fraction of sp³-hybridized carbons (Fsp3) is 0.556. The molecule has 6 nitrogen and oxygen atoms in total. The van der Waals surface area contributed by atoms with Crippen LogP contribution in [0.15, 0.2) is 18.2 Å². The van der Waals surface area contributed by atoms with Gasteiger partial charge in [-0.3, -0.25) is 4.79 Å². The summed E-state index contributed by atoms with van der Waals surface area (Å²) in [5, 5.41) is 2.39. The number of alkyl halides is 3. The van der Waals surface area contributed by atoms with Gasteiger partial charge in [-0.05, 0) is 30.5 Å². The molecule has 1 aliphatic carbocycles. The molecule has 4 rings (SSSR count). The van der Waals surface area contributed by atoms with Crippen LogP contribution in [0.3, 0.4) is 0 Å². The van der Waals surface area contributed by atoms with Crippen LogP contribution < -0.4 is 5.32 Å². The zero-order valence-corrected chi connectivity index (χ0v) is 15.5. The van der Waals surface area contributed by atoms with Crippen LogP contribution in [0.25, 0.3) is 0 Å². The molecule has 10 heteroatoms. The van der Waals surface area contributed by atoms with Crippen LogP contribution in [-0.2, 0) is 27.1 Å². The van der Waals surface area contributed by atoms with Crippen molar-refractivity contribution in [1.29, 1.82) is 0 Å². The molecule has 2 aliphatic heterocycles. The van der Waals surface area contributed by atoms with E-state index in [0.29, 0.717) is 38.1 Å². The number of carbonyl (C=O) groups excluding carboxylic acids is 2. The van der Waals surface area contributed by atoms with Crippen molar-refractivity contribution in [3.05, 3.63) is 34.3 Å². The average Bonchev–Trinajstić information content (AvgIpc) is 2.93. The van der Waals surface area contributed by atoms with Gasteiger partial charge in [0.25, 0.3) is 0 Å². The summed E-state index contributed by atoms with van der Waals surface area (Å²) in [5.74, 6) is -0.0964. The highest BCUT2D eigenvalue weighted by molar-refractivity contribution is 6.31. The minimum absolute atomic E-state index is 0.0317. The molecule has 1 N–H and O–H groups in total. The Morgan fingerprint density at radius 3 is 2.64 bits per heavy atom. The van der Waals surface area contributed by atoms with E-state index in [1.807, 2.05) is 0 Å². The summed E-state index contributed by atoms with van der Waals surface area (Å²) in [6, 6.07) is 3.52. The summed E-state index contributed by atoms with van der Waals surface area (Å²) >= 11 is 5.70. The predicted octanol–water partition coefficient (Wildman–Crippen LogP) is 2.97. The number of hydrogen-bond acceptors (Lipinski definition) is 4. The third kappa shape index (κ3) is 3.65. The number of nitrogens with one attached hydrogen (secondary N) is 1. The summed E-state index contributed by atoms with van der Waals surface area (Å²) in [6.45, 7) is 1.32. The molecule has 1 saturated carbocycles. The number of rotatable bonds is 4. The molecule has 28 heavy (non-hydrogen) atoms. The standard InChI is InChI=1S/C18H18ClF3N2O4/c19-14-3-10(1-2-13(14)18(20,21)22)8-27-12-6-24(7-12)15(25)11-4-17(5-11)9-28-16(26)23-17/h1-3,11-12H,4-9H2,(H,23,26)/t11-,17+. The van der Waals surface area contributed by atoms with Gasteiger partial charge in [0.2, 0.25) is 5.91 Å². The van der Waals surface area contributed by atoms with Gasteiger partial charge in [-0.2, -0.15) is 13.2 Å². The van der Waals surface area contributed by atoms with E-state index >= 15 is 0 Å². The van der Waals surface area contributed by atoms with Gasteiger partial charge in [0.1, 0.15) is 6.61 Å². The lowest BCUT2D eigenvalue weighted by atomic mass is 9.68. The molecule has 1 aromatic carbocycles. The maximum atomic E-state index is 12.7. The third-order valence-electron chi connectivity index (χ3n) is 5.45. The first-order valence-corrected chi connectivity index (χ1v) is 9.24. The number of benzene rings is 1. The molecule has 2 saturated heterocycles. The Bertz CT molecular complexity index is 805. The van der Waals surface area contributed by atoms with Crippen molar-refractivity contribution >= 4 is 23.6 Å². The lowest BCUT2D eigenvalue weighted by Gasteiger charge is -2.47. The van der Waals surface area contributed by atoms with Crippen molar-refractivity contribution in [2.45, 2.75) is 37.3 Å². The normalized spacial score (nSPS) is 27.2. The van der Waals surface area contributed by atoms with Gasteiger partial charge in [-0.25, -0.2) is 4.79 Å². The predicted molar refractivity (Wildman–Crippen MR) is 91.5 cm³/mol. The fourth-order valence-corrected chi connectivity index (χ4v) is 4.15. The summed E-state index contributed by atoms with van der Waals surface area (Å²) in [5.41, 5.74) is -0.721. The molecular formula is C18H18ClF3N2O4. The Hall–Kier alpha value is -2.00. The van der Waals surface area contributed by atoms with E-state index in [0.717, 1.165) is 6.07 Å². The second kappa shape index (κ2) is 6.81. The van der Waals surface area contributed by atoms with E-state index < -0.39 is 17.8 Å². The quantitative estimate of drug-likeness (QED) is 0.816. The van der Waals surface area contributed by atoms with Crippen molar-refractivity contribution in [1.82, 2.24) is 10.2 Å². The highest BCUT2D eigenvalue weighted by Gasteiger charge is 2.54. The Kier molecular flexibility index (Phi) is 4.70. The number of halogens is 4. The Morgan fingerprint density at radius 2 is 2.07 bits per heavy atom. The fourth-order valence-electron chi connectivity index (χ4n) is 3.84. The number of ether oxygens (including phenoxy) is 2. The molecule has 0 aromatic heterocycles. The van der Waals surface area contributed by atoms with Crippen molar-refractivity contribution in [3.63, 3.8) is 0 Å². The molecule has 3 aliphatic rings. The second-order valence-electron chi connectivity index (χ2n) is 7.57. The molecule has 2 amide bonds. The number of alkyl carbamates (subject to hydrolysis) is 1. The van der Waals surface area contributed by atoms with Crippen molar-refractivity contribution in [3.8, 4) is 0 Å². The van der Waals surface area contributed by atoms with Crippen LogP contribution in [0, 0.1) is 5.92 Å². The van der Waals surface area contributed by atoms with E-state index in [2.05, 4.69) is 5.32 Å². The summed E-state index contributed by atoms with van der Waals surface area (Å²) in [6.07, 6.45) is -3.94. The monoisotopic (exact) mass is 418 g/mol. The first-order chi connectivity index (χ1) is 13.2. The van der Waals surface area contributed by atoms with Crippen molar-refractivity contribution in [2.75, 3.05) is 19.7 Å². The first kappa shape index (κ1) is 19.3. The third-order valence-corrected chi connectivity index (χ3v) is 5.77. The van der Waals surface area contributed by atoms with Crippen LogP contribution >= 0.6 is 11.6 Å². The lowest BCUT2D eigenvalue weighted by molar-refractivity contribution is -0.155. The minimum atomic E-state index is -4.49. The molecule has 0 unspecified atom stereocenters. The van der Waals surface area contributed by atoms with Gasteiger partial charge >= 0.3 is 12.3 Å². The lowest BCUT2D eigenvalue weighted by Crippen LogP contribution is -2.62. The van der Waals surface area contributed by atoms with Crippen LogP contribution in [-0.4, -0.2) is 48.2 Å². The van der Waals surface area contributed by atoms with Crippen LogP contribution in [0.4, 0.5) is 18.0 Å². The largest absolute Gasteiger partial charge is 0.447 e. The number of carbonyl (C=O) groups is 2. The van der Waals surface area contributed by atoms with E-state index in [-0.39, 0.29) is 35.1 Å². The van der Waals surface area contributed by atoms with Crippen LogP contribution in [0.5, 0.6) is 0 Å². The molecule has 0 atom stereocenters. The Labute approximate surface area is 163 Å². The van der Waals surface area contributed by atoms with Gasteiger partial charge in [0.05, 0.1) is 28.8 Å². The number of hydrogen-bond donors (Lipinski definition) is 1. The van der Waals surface area contributed by atoms with Gasteiger partial charge in [0.15, 0.2) is 0 Å². The molecule has 1 aromatic rings. The maximum absolute atomic E-state index is 12.7. The Balaban J connectivity index is 1.21. The van der Waals surface area contributed by atoms with E-state index in [9.17, 15) is 22.8 Å². The molecule has 152 valence electrons. The van der Waals surface area contributed by atoms with E-state index in [1.54, 1.807) is 4.90 Å². The number of amides is 2. The summed E-state index contributed by atoms with van der Waals surface area (Å²) < 4.78 is 48.7. The van der Waals surface area contributed by atoms with Gasteiger partial charge in [-0.15, -0.1) is 0 Å². The minimum Gasteiger partial charge on any atom is -0.447 e. The molecule has 2 heterocycles. The van der Waals surface area contributed by atoms with Crippen molar-refractivity contribution < 1.29 is 32.2 Å². The molecule has 1 spiro atoms. The highest BCUT2D eigenvalue weighted by Crippen LogP contribution is 2.42. The molecule has 3 fully saturated rings. The SMILES string of the molecule is O=C1N[C@]2(CO1)C[C@H](C(=O)N1CC(OCc3ccc(C(F)(F)F)c(Cl)c3)C1)C2. The number of nitrogens with zero attached hydrogens (tertiary/aromatic N) is 1. The zero-order valence-electron chi connectivity index (χ0n) is 14.7. The van der Waals surface area contributed by atoms with E-state index in [4.69, 9.17) is 21.1 Å². The van der Waals surface area contributed by atoms with Gasteiger partial charge in [-0.1, -0.05) is 17.7 Å². The Morgan fingerprint density at radius 1 is 1.36 bits per heavy atom. The topological polar surface area (TPSA) is 67.9 Å². The molecule has 0 radical (unpaired) electrons. The highest BCUT2D eigenvalue weighted by atomic mass is 35.5. The molecular weight excluding hydrogens is 401 g/mol. The summed E-state index contributed by atoms with van der Waals surface area (Å²) in [7, 11) is 0. The van der Waals surface area contributed by atoms with Crippen LogP contribution in [0.2, 0.25) is 5.02 Å².